The van der Waals surface area contributed by atoms with Crippen LogP contribution in [0, 0.1) is 11.2 Å². The molecule has 12 heteroatoms. The lowest BCUT2D eigenvalue weighted by molar-refractivity contribution is -0.136. The van der Waals surface area contributed by atoms with Crippen LogP contribution in [0.2, 0.25) is 0 Å². The second kappa shape index (κ2) is 8.25. The summed E-state index contributed by atoms with van der Waals surface area (Å²) in [5, 5.41) is 18.2. The number of aryl methyl sites for hydroxylation is 1. The number of likely N-dealkylation sites (tertiary alicyclic amines) is 1. The van der Waals surface area contributed by atoms with Crippen molar-refractivity contribution in [3.05, 3.63) is 81.8 Å². The molecule has 6 rings (SSSR count). The first-order valence-corrected chi connectivity index (χ1v) is 11.9. The Morgan fingerprint density at radius 1 is 1.14 bits per heavy atom. The molecule has 1 aromatic carbocycles. The SMILES string of the molecule is Cn1cnnc1[C@@H](O)c1cc(F)cc(-n2cc3c(C(F)(F)F)cc(CN4CCC5(CC5)C4)cn3c2=O)c1. The molecule has 0 radical (unpaired) electrons. The van der Waals surface area contributed by atoms with Gasteiger partial charge >= 0.3 is 11.9 Å². The average Bonchev–Trinajstić information content (AvgIpc) is 3.11. The third kappa shape index (κ3) is 4.23. The molecule has 1 N–H and O–H groups in total. The Bertz CT molecular complexity index is 1570. The van der Waals surface area contributed by atoms with E-state index in [-0.39, 0.29) is 22.6 Å². The number of hydrogen-bond acceptors (Lipinski definition) is 5. The molecule has 1 atom stereocenters. The lowest BCUT2D eigenvalue weighted by Gasteiger charge is -2.17. The average molecular weight is 516 g/mol. The summed E-state index contributed by atoms with van der Waals surface area (Å²) in [5.41, 5.74) is -1.27. The number of imidazole rings is 1. The molecule has 194 valence electrons. The van der Waals surface area contributed by atoms with Crippen molar-refractivity contribution in [3.63, 3.8) is 0 Å². The lowest BCUT2D eigenvalue weighted by atomic mass is 10.1. The molecule has 1 spiro atoms. The van der Waals surface area contributed by atoms with Crippen molar-refractivity contribution >= 4 is 5.52 Å². The first-order chi connectivity index (χ1) is 17.5. The van der Waals surface area contributed by atoms with Gasteiger partial charge in [0.25, 0.3) is 0 Å². The van der Waals surface area contributed by atoms with E-state index in [1.54, 1.807) is 7.05 Å². The Morgan fingerprint density at radius 3 is 2.57 bits per heavy atom. The maximum atomic E-state index is 14.6. The van der Waals surface area contributed by atoms with Crippen molar-refractivity contribution in [1.29, 1.82) is 0 Å². The Kier molecular flexibility index (Phi) is 5.32. The van der Waals surface area contributed by atoms with Gasteiger partial charge < -0.3 is 9.67 Å². The molecule has 1 aliphatic carbocycles. The van der Waals surface area contributed by atoms with Crippen LogP contribution >= 0.6 is 0 Å². The third-order valence-corrected chi connectivity index (χ3v) is 7.50. The van der Waals surface area contributed by atoms with E-state index in [0.29, 0.717) is 17.5 Å². The summed E-state index contributed by atoms with van der Waals surface area (Å²) < 4.78 is 60.2. The van der Waals surface area contributed by atoms with Crippen LogP contribution in [-0.4, -0.2) is 46.8 Å². The van der Waals surface area contributed by atoms with Crippen LogP contribution < -0.4 is 5.69 Å². The van der Waals surface area contributed by atoms with Gasteiger partial charge in [0.15, 0.2) is 5.82 Å². The number of aliphatic hydroxyl groups is 1. The van der Waals surface area contributed by atoms with Crippen molar-refractivity contribution in [2.24, 2.45) is 12.5 Å². The zero-order valence-electron chi connectivity index (χ0n) is 19.9. The van der Waals surface area contributed by atoms with Gasteiger partial charge in [0.2, 0.25) is 0 Å². The number of alkyl halides is 3. The van der Waals surface area contributed by atoms with Crippen molar-refractivity contribution in [2.75, 3.05) is 13.1 Å². The first-order valence-electron chi connectivity index (χ1n) is 11.9. The zero-order chi connectivity index (χ0) is 26.1. The topological polar surface area (TPSA) is 80.6 Å². The first kappa shape index (κ1) is 23.9. The molecule has 0 unspecified atom stereocenters. The number of aromatic nitrogens is 5. The molecule has 1 saturated carbocycles. The quantitative estimate of drug-likeness (QED) is 0.411. The monoisotopic (exact) mass is 516 g/mol. The van der Waals surface area contributed by atoms with Crippen LogP contribution in [0.15, 0.2) is 47.8 Å². The van der Waals surface area contributed by atoms with Gasteiger partial charge in [0.1, 0.15) is 18.2 Å². The van der Waals surface area contributed by atoms with Gasteiger partial charge in [-0.2, -0.15) is 13.2 Å². The van der Waals surface area contributed by atoms with Crippen molar-refractivity contribution < 1.29 is 22.7 Å². The van der Waals surface area contributed by atoms with Crippen LogP contribution in [-0.2, 0) is 19.8 Å². The molecule has 37 heavy (non-hydrogen) atoms. The number of halogens is 4. The number of fused-ring (bicyclic) bond motifs is 1. The van der Waals surface area contributed by atoms with Gasteiger partial charge in [0, 0.05) is 32.5 Å². The number of pyridine rings is 1. The van der Waals surface area contributed by atoms with E-state index >= 15 is 0 Å². The van der Waals surface area contributed by atoms with Crippen LogP contribution in [0.5, 0.6) is 0 Å². The molecule has 1 saturated heterocycles. The standard InChI is InChI=1S/C25H24F4N6O2/c1-32-14-30-31-22(32)21(36)16-7-17(26)9-18(8-16)34-12-20-19(25(27,28)29)6-15(11-35(20)23(34)37)10-33-5-4-24(13-33)2-3-24/h6-9,11-12,14,21,36H,2-5,10,13H2,1H3/t21-/m0/s1. The van der Waals surface area contributed by atoms with Crippen molar-refractivity contribution in [3.8, 4) is 5.69 Å². The molecule has 8 nitrogen and oxygen atoms in total. The highest BCUT2D eigenvalue weighted by Gasteiger charge is 2.47. The molecule has 4 aromatic rings. The number of nitrogens with zero attached hydrogens (tertiary/aromatic N) is 6. The summed E-state index contributed by atoms with van der Waals surface area (Å²) in [7, 11) is 1.60. The highest BCUT2D eigenvalue weighted by Crippen LogP contribution is 2.52. The Hall–Kier alpha value is -3.51. The third-order valence-electron chi connectivity index (χ3n) is 7.50. The molecule has 2 fully saturated rings. The maximum absolute atomic E-state index is 14.6. The number of hydrogen-bond donors (Lipinski definition) is 1. The molecule has 0 bridgehead atoms. The normalized spacial score (nSPS) is 18.2. The molecular formula is C25H24F4N6O2. The van der Waals surface area contributed by atoms with E-state index in [0.717, 1.165) is 65.7 Å². The van der Waals surface area contributed by atoms with E-state index in [1.807, 2.05) is 0 Å². The zero-order valence-corrected chi connectivity index (χ0v) is 19.9. The molecule has 1 aliphatic heterocycles. The lowest BCUT2D eigenvalue weighted by Crippen LogP contribution is -2.23. The van der Waals surface area contributed by atoms with Gasteiger partial charge in [-0.1, -0.05) is 0 Å². The van der Waals surface area contributed by atoms with E-state index in [9.17, 15) is 27.5 Å². The number of benzene rings is 1. The largest absolute Gasteiger partial charge is 0.418 e. The van der Waals surface area contributed by atoms with Gasteiger partial charge in [-0.3, -0.25) is 13.9 Å². The number of aliphatic hydroxyl groups excluding tert-OH is 1. The summed E-state index contributed by atoms with van der Waals surface area (Å²) in [5.74, 6) is -0.625. The van der Waals surface area contributed by atoms with E-state index in [2.05, 4.69) is 15.1 Å². The predicted molar refractivity (Wildman–Crippen MR) is 125 cm³/mol. The minimum absolute atomic E-state index is 0.0187. The van der Waals surface area contributed by atoms with Gasteiger partial charge in [-0.05, 0) is 66.6 Å². The Labute approximate surface area is 208 Å². The summed E-state index contributed by atoms with van der Waals surface area (Å²) in [6, 6.07) is 4.54. The summed E-state index contributed by atoms with van der Waals surface area (Å²) >= 11 is 0. The molecular weight excluding hydrogens is 492 g/mol. The van der Waals surface area contributed by atoms with E-state index in [4.69, 9.17) is 0 Å². The van der Waals surface area contributed by atoms with E-state index < -0.39 is 29.4 Å². The van der Waals surface area contributed by atoms with Crippen LogP contribution in [0.1, 0.15) is 47.9 Å². The van der Waals surface area contributed by atoms with Gasteiger partial charge in [0.05, 0.1) is 16.8 Å². The van der Waals surface area contributed by atoms with Gasteiger partial charge in [-0.25, -0.2) is 9.18 Å². The Balaban J connectivity index is 1.43. The maximum Gasteiger partial charge on any atom is 0.418 e. The fraction of sp³-hybridized carbons (Fsp3) is 0.400. The van der Waals surface area contributed by atoms with Crippen LogP contribution in [0.4, 0.5) is 17.6 Å². The second-order valence-corrected chi connectivity index (χ2v) is 10.2. The van der Waals surface area contributed by atoms with Gasteiger partial charge in [-0.15, -0.1) is 10.2 Å². The predicted octanol–water partition coefficient (Wildman–Crippen LogP) is 3.44. The fourth-order valence-electron chi connectivity index (χ4n) is 5.33. The number of rotatable bonds is 5. The van der Waals surface area contributed by atoms with Crippen LogP contribution in [0.25, 0.3) is 11.2 Å². The smallest absolute Gasteiger partial charge is 0.380 e. The van der Waals surface area contributed by atoms with Crippen molar-refractivity contribution in [2.45, 2.75) is 38.1 Å². The molecule has 3 aromatic heterocycles. The molecule has 4 heterocycles. The van der Waals surface area contributed by atoms with E-state index in [1.165, 1.54) is 23.2 Å². The minimum atomic E-state index is -4.70. The summed E-state index contributed by atoms with van der Waals surface area (Å²) in [6.07, 6.45) is 1.14. The fourth-order valence-corrected chi connectivity index (χ4v) is 5.33. The highest BCUT2D eigenvalue weighted by molar-refractivity contribution is 5.58. The Morgan fingerprint density at radius 2 is 1.92 bits per heavy atom. The summed E-state index contributed by atoms with van der Waals surface area (Å²) in [6.45, 7) is 1.98. The second-order valence-electron chi connectivity index (χ2n) is 10.2. The summed E-state index contributed by atoms with van der Waals surface area (Å²) in [4.78, 5) is 15.4. The minimum Gasteiger partial charge on any atom is -0.380 e. The van der Waals surface area contributed by atoms with Crippen LogP contribution in [0.3, 0.4) is 0 Å². The van der Waals surface area contributed by atoms with Crippen molar-refractivity contribution in [1.82, 2.24) is 28.6 Å². The highest BCUT2D eigenvalue weighted by atomic mass is 19.4. The molecule has 0 amide bonds. The molecule has 2 aliphatic rings.